The van der Waals surface area contributed by atoms with Crippen LogP contribution in [0.3, 0.4) is 0 Å². The average Bonchev–Trinajstić information content (AvgIpc) is 2.80. The van der Waals surface area contributed by atoms with Crippen LogP contribution >= 0.6 is 23.2 Å². The Balaban J connectivity index is 1.55. The summed E-state index contributed by atoms with van der Waals surface area (Å²) in [7, 11) is 3.12. The van der Waals surface area contributed by atoms with Crippen LogP contribution in [0.2, 0.25) is 10.0 Å². The van der Waals surface area contributed by atoms with E-state index in [0.717, 1.165) is 5.56 Å². The molecule has 0 aromatic heterocycles. The molecule has 1 amide bonds. The van der Waals surface area contributed by atoms with Gasteiger partial charge in [0, 0.05) is 17.0 Å². The number of esters is 1. The van der Waals surface area contributed by atoms with Crippen molar-refractivity contribution >= 4 is 40.8 Å². The normalized spacial score (nSPS) is 10.4. The number of nitrogens with one attached hydrogen (secondary N) is 1. The monoisotopic (exact) mass is 473 g/mol. The average molecular weight is 474 g/mol. The van der Waals surface area contributed by atoms with Crippen LogP contribution in [0.15, 0.2) is 60.7 Å². The van der Waals surface area contributed by atoms with Crippen molar-refractivity contribution in [3.05, 3.63) is 81.8 Å². The molecular weight excluding hydrogens is 453 g/mol. The van der Waals surface area contributed by atoms with Gasteiger partial charge in [0.15, 0.2) is 11.5 Å². The van der Waals surface area contributed by atoms with Crippen LogP contribution in [0.25, 0.3) is 0 Å². The van der Waals surface area contributed by atoms with Crippen LogP contribution in [0.5, 0.6) is 17.2 Å². The molecular formula is C24H21Cl2NO5. The number of hydrogen-bond donors (Lipinski definition) is 1. The van der Waals surface area contributed by atoms with Gasteiger partial charge in [-0.1, -0.05) is 29.3 Å². The fourth-order valence-corrected chi connectivity index (χ4v) is 3.26. The molecule has 8 heteroatoms. The lowest BCUT2D eigenvalue weighted by Gasteiger charge is -2.10. The Morgan fingerprint density at radius 2 is 1.59 bits per heavy atom. The summed E-state index contributed by atoms with van der Waals surface area (Å²) < 4.78 is 15.8. The lowest BCUT2D eigenvalue weighted by atomic mass is 10.1. The molecule has 0 saturated heterocycles. The molecule has 0 unspecified atom stereocenters. The summed E-state index contributed by atoms with van der Waals surface area (Å²) in [6, 6.07) is 16.5. The maximum Gasteiger partial charge on any atom is 0.311 e. The van der Waals surface area contributed by atoms with Gasteiger partial charge in [-0.15, -0.1) is 0 Å². The van der Waals surface area contributed by atoms with Crippen molar-refractivity contribution in [1.29, 1.82) is 0 Å². The first-order valence-corrected chi connectivity index (χ1v) is 10.4. The summed E-state index contributed by atoms with van der Waals surface area (Å²) >= 11 is 12.0. The SMILES string of the molecule is COc1ccc(CCC(=O)Oc2ccc(C(=O)Nc3cc(Cl)ccc3Cl)cc2)cc1OC. The zero-order chi connectivity index (χ0) is 23.1. The maximum atomic E-state index is 12.4. The van der Waals surface area contributed by atoms with Crippen molar-refractivity contribution in [3.63, 3.8) is 0 Å². The molecule has 0 saturated carbocycles. The lowest BCUT2D eigenvalue weighted by molar-refractivity contribution is -0.134. The van der Waals surface area contributed by atoms with Crippen LogP contribution in [-0.4, -0.2) is 26.1 Å². The molecule has 0 heterocycles. The Kier molecular flexibility index (Phi) is 7.98. The van der Waals surface area contributed by atoms with Crippen molar-refractivity contribution in [3.8, 4) is 17.2 Å². The van der Waals surface area contributed by atoms with Crippen LogP contribution in [0.1, 0.15) is 22.3 Å². The second kappa shape index (κ2) is 10.9. The van der Waals surface area contributed by atoms with Gasteiger partial charge in [0.2, 0.25) is 0 Å². The quantitative estimate of drug-likeness (QED) is 0.330. The predicted octanol–water partition coefficient (Wildman–Crippen LogP) is 5.80. The molecule has 0 aliphatic rings. The number of benzene rings is 3. The lowest BCUT2D eigenvalue weighted by Crippen LogP contribution is -2.13. The minimum Gasteiger partial charge on any atom is -0.493 e. The van der Waals surface area contributed by atoms with Gasteiger partial charge >= 0.3 is 5.97 Å². The van der Waals surface area contributed by atoms with E-state index in [1.54, 1.807) is 62.8 Å². The molecule has 0 atom stereocenters. The number of ether oxygens (including phenoxy) is 3. The van der Waals surface area contributed by atoms with Gasteiger partial charge in [-0.3, -0.25) is 9.59 Å². The zero-order valence-electron chi connectivity index (χ0n) is 17.5. The van der Waals surface area contributed by atoms with Gasteiger partial charge < -0.3 is 19.5 Å². The Morgan fingerprint density at radius 1 is 0.875 bits per heavy atom. The number of carbonyl (C=O) groups excluding carboxylic acids is 2. The molecule has 0 aliphatic heterocycles. The zero-order valence-corrected chi connectivity index (χ0v) is 19.0. The predicted molar refractivity (Wildman–Crippen MR) is 124 cm³/mol. The first kappa shape index (κ1) is 23.4. The van der Waals surface area contributed by atoms with E-state index in [1.165, 1.54) is 0 Å². The summed E-state index contributed by atoms with van der Waals surface area (Å²) in [6.07, 6.45) is 0.672. The molecule has 3 rings (SSSR count). The highest BCUT2D eigenvalue weighted by Crippen LogP contribution is 2.28. The standard InChI is InChI=1S/C24H21Cl2NO5/c1-30-21-11-3-15(13-22(21)31-2)4-12-23(28)32-18-8-5-16(6-9-18)24(29)27-20-14-17(25)7-10-19(20)26/h3,5-11,13-14H,4,12H2,1-2H3,(H,27,29). The molecule has 0 aliphatic carbocycles. The number of halogens is 2. The van der Waals surface area contributed by atoms with Crippen molar-refractivity contribution in [2.75, 3.05) is 19.5 Å². The van der Waals surface area contributed by atoms with E-state index in [4.69, 9.17) is 37.4 Å². The van der Waals surface area contributed by atoms with Crippen LogP contribution in [0.4, 0.5) is 5.69 Å². The molecule has 0 fully saturated rings. The second-order valence-corrected chi connectivity index (χ2v) is 7.61. The number of aryl methyl sites for hydroxylation is 1. The van der Waals surface area contributed by atoms with Crippen LogP contribution in [-0.2, 0) is 11.2 Å². The van der Waals surface area contributed by atoms with Crippen molar-refractivity contribution < 1.29 is 23.8 Å². The van der Waals surface area contributed by atoms with E-state index in [9.17, 15) is 9.59 Å². The minimum absolute atomic E-state index is 0.186. The van der Waals surface area contributed by atoms with Gasteiger partial charge in [0.25, 0.3) is 5.91 Å². The number of carbonyl (C=O) groups is 2. The first-order valence-electron chi connectivity index (χ1n) is 9.67. The maximum absolute atomic E-state index is 12.4. The van der Waals surface area contributed by atoms with Gasteiger partial charge in [-0.2, -0.15) is 0 Å². The first-order chi connectivity index (χ1) is 15.4. The molecule has 1 N–H and O–H groups in total. The smallest absolute Gasteiger partial charge is 0.311 e. The van der Waals surface area contributed by atoms with E-state index in [-0.39, 0.29) is 18.3 Å². The molecule has 6 nitrogen and oxygen atoms in total. The Morgan fingerprint density at radius 3 is 2.28 bits per heavy atom. The fraction of sp³-hybridized carbons (Fsp3) is 0.167. The fourth-order valence-electron chi connectivity index (χ4n) is 2.93. The topological polar surface area (TPSA) is 73.9 Å². The Hall–Kier alpha value is -3.22. The van der Waals surface area contributed by atoms with Crippen molar-refractivity contribution in [2.24, 2.45) is 0 Å². The number of methoxy groups -OCH3 is 2. The largest absolute Gasteiger partial charge is 0.493 e. The number of rotatable bonds is 8. The Bertz CT molecular complexity index is 1120. The summed E-state index contributed by atoms with van der Waals surface area (Å²) in [4.78, 5) is 24.6. The summed E-state index contributed by atoms with van der Waals surface area (Å²) in [5.74, 6) is 0.828. The summed E-state index contributed by atoms with van der Waals surface area (Å²) in [6.45, 7) is 0. The highest BCUT2D eigenvalue weighted by Gasteiger charge is 2.12. The molecule has 0 spiro atoms. The summed E-state index contributed by atoms with van der Waals surface area (Å²) in [5, 5.41) is 3.54. The van der Waals surface area contributed by atoms with E-state index in [2.05, 4.69) is 5.32 Å². The van der Waals surface area contributed by atoms with Crippen molar-refractivity contribution in [2.45, 2.75) is 12.8 Å². The van der Waals surface area contributed by atoms with E-state index < -0.39 is 0 Å². The molecule has 0 radical (unpaired) electrons. The van der Waals surface area contributed by atoms with Crippen LogP contribution < -0.4 is 19.5 Å². The minimum atomic E-state index is -0.386. The van der Waals surface area contributed by atoms with Crippen molar-refractivity contribution in [1.82, 2.24) is 0 Å². The van der Waals surface area contributed by atoms with Gasteiger partial charge in [-0.25, -0.2) is 0 Å². The van der Waals surface area contributed by atoms with Gasteiger partial charge in [-0.05, 0) is 66.6 Å². The molecule has 3 aromatic rings. The van der Waals surface area contributed by atoms with Gasteiger partial charge in [0.05, 0.1) is 24.9 Å². The summed E-state index contributed by atoms with van der Waals surface area (Å²) in [5.41, 5.74) is 1.72. The van der Waals surface area contributed by atoms with Crippen LogP contribution in [0, 0.1) is 0 Å². The number of anilines is 1. The third kappa shape index (κ3) is 6.15. The Labute approximate surface area is 196 Å². The highest BCUT2D eigenvalue weighted by molar-refractivity contribution is 6.35. The third-order valence-electron chi connectivity index (χ3n) is 4.59. The third-order valence-corrected chi connectivity index (χ3v) is 5.16. The number of hydrogen-bond acceptors (Lipinski definition) is 5. The van der Waals surface area contributed by atoms with Gasteiger partial charge in [0.1, 0.15) is 5.75 Å². The van der Waals surface area contributed by atoms with E-state index in [0.29, 0.717) is 45.0 Å². The number of amides is 1. The molecule has 32 heavy (non-hydrogen) atoms. The molecule has 3 aromatic carbocycles. The highest BCUT2D eigenvalue weighted by atomic mass is 35.5. The molecule has 0 bridgehead atoms. The van der Waals surface area contributed by atoms with E-state index >= 15 is 0 Å². The molecule has 166 valence electrons. The second-order valence-electron chi connectivity index (χ2n) is 6.77. The van der Waals surface area contributed by atoms with E-state index in [1.807, 2.05) is 12.1 Å².